The van der Waals surface area contributed by atoms with Gasteiger partial charge in [-0.1, -0.05) is 31.2 Å². The zero-order valence-corrected chi connectivity index (χ0v) is 16.3. The molecule has 2 rings (SSSR count). The maximum Gasteiger partial charge on any atom is 0.193 e. The Morgan fingerprint density at radius 3 is 2.54 bits per heavy atom. The normalized spacial score (nSPS) is 10.7. The molecule has 0 amide bonds. The van der Waals surface area contributed by atoms with Gasteiger partial charge in [-0.15, -0.1) is 24.0 Å². The number of aliphatic imine (C=N–C) groups is 1. The Labute approximate surface area is 160 Å². The van der Waals surface area contributed by atoms with Gasteiger partial charge in [0.25, 0.3) is 0 Å². The lowest BCUT2D eigenvalue weighted by Crippen LogP contribution is -2.22. The summed E-state index contributed by atoms with van der Waals surface area (Å²) in [4.78, 5) is 4.34. The van der Waals surface area contributed by atoms with Crippen molar-refractivity contribution in [1.82, 2.24) is 0 Å². The summed E-state index contributed by atoms with van der Waals surface area (Å²) in [6.45, 7) is 3.20. The van der Waals surface area contributed by atoms with Crippen LogP contribution in [0.1, 0.15) is 18.9 Å². The van der Waals surface area contributed by atoms with Crippen molar-refractivity contribution in [3.63, 3.8) is 0 Å². The fourth-order valence-corrected chi connectivity index (χ4v) is 2.03. The van der Waals surface area contributed by atoms with Gasteiger partial charge in [0, 0.05) is 5.69 Å². The first-order chi connectivity index (χ1) is 11.2. The molecule has 0 spiro atoms. The third kappa shape index (κ3) is 6.27. The number of methoxy groups -OCH3 is 1. The SMILES string of the molecule is CCCOc1ccc(CN=C(N)Nc2ccccc2)cc1OC.I. The summed E-state index contributed by atoms with van der Waals surface area (Å²) < 4.78 is 11.0. The number of nitrogens with two attached hydrogens (primary N) is 1. The number of hydrogen-bond acceptors (Lipinski definition) is 3. The standard InChI is InChI=1S/C18H23N3O2.HI/c1-3-11-23-16-10-9-14(12-17(16)22-2)13-20-18(19)21-15-7-5-4-6-8-15;/h4-10,12H,3,11,13H2,1-2H3,(H3,19,20,21);1H. The van der Waals surface area contributed by atoms with Gasteiger partial charge in [-0.3, -0.25) is 0 Å². The minimum absolute atomic E-state index is 0. The molecule has 0 atom stereocenters. The van der Waals surface area contributed by atoms with Gasteiger partial charge in [0.05, 0.1) is 20.3 Å². The number of halogens is 1. The van der Waals surface area contributed by atoms with Crippen LogP contribution in [0.4, 0.5) is 5.69 Å². The average molecular weight is 441 g/mol. The van der Waals surface area contributed by atoms with Crippen molar-refractivity contribution in [2.24, 2.45) is 10.7 Å². The molecule has 0 radical (unpaired) electrons. The van der Waals surface area contributed by atoms with Crippen LogP contribution < -0.4 is 20.5 Å². The number of benzene rings is 2. The van der Waals surface area contributed by atoms with Crippen molar-refractivity contribution in [2.75, 3.05) is 19.0 Å². The first-order valence-electron chi connectivity index (χ1n) is 7.64. The minimum atomic E-state index is 0. The lowest BCUT2D eigenvalue weighted by Gasteiger charge is -2.11. The van der Waals surface area contributed by atoms with Gasteiger partial charge in [-0.2, -0.15) is 0 Å². The molecule has 0 aliphatic carbocycles. The fraction of sp³-hybridized carbons (Fsp3) is 0.278. The highest BCUT2D eigenvalue weighted by Gasteiger charge is 2.05. The van der Waals surface area contributed by atoms with Crippen molar-refractivity contribution in [3.05, 3.63) is 54.1 Å². The van der Waals surface area contributed by atoms with E-state index >= 15 is 0 Å². The highest BCUT2D eigenvalue weighted by atomic mass is 127. The van der Waals surface area contributed by atoms with Crippen molar-refractivity contribution < 1.29 is 9.47 Å². The number of para-hydroxylation sites is 1. The molecule has 0 aliphatic heterocycles. The van der Waals surface area contributed by atoms with Crippen LogP contribution in [0.5, 0.6) is 11.5 Å². The van der Waals surface area contributed by atoms with Crippen LogP contribution >= 0.6 is 24.0 Å². The van der Waals surface area contributed by atoms with E-state index in [1.807, 2.05) is 48.5 Å². The van der Waals surface area contributed by atoms with E-state index in [2.05, 4.69) is 17.2 Å². The van der Waals surface area contributed by atoms with Gasteiger partial charge in [0.15, 0.2) is 17.5 Å². The van der Waals surface area contributed by atoms with Gasteiger partial charge in [-0.05, 0) is 36.2 Å². The van der Waals surface area contributed by atoms with Gasteiger partial charge in [0.1, 0.15) is 0 Å². The minimum Gasteiger partial charge on any atom is -0.493 e. The van der Waals surface area contributed by atoms with Crippen LogP contribution in [-0.4, -0.2) is 19.7 Å². The molecule has 0 heterocycles. The summed E-state index contributed by atoms with van der Waals surface area (Å²) in [5, 5.41) is 3.05. The Morgan fingerprint density at radius 2 is 1.88 bits per heavy atom. The predicted molar refractivity (Wildman–Crippen MR) is 110 cm³/mol. The van der Waals surface area contributed by atoms with Crippen LogP contribution in [0.25, 0.3) is 0 Å². The maximum absolute atomic E-state index is 5.90. The molecule has 0 saturated carbocycles. The molecule has 130 valence electrons. The maximum atomic E-state index is 5.90. The lowest BCUT2D eigenvalue weighted by molar-refractivity contribution is 0.294. The van der Waals surface area contributed by atoms with Gasteiger partial charge >= 0.3 is 0 Å². The Balaban J connectivity index is 0.00000288. The van der Waals surface area contributed by atoms with E-state index in [4.69, 9.17) is 15.2 Å². The van der Waals surface area contributed by atoms with Crippen LogP contribution in [0.15, 0.2) is 53.5 Å². The van der Waals surface area contributed by atoms with Crippen molar-refractivity contribution in [3.8, 4) is 11.5 Å². The van der Waals surface area contributed by atoms with E-state index in [9.17, 15) is 0 Å². The van der Waals surface area contributed by atoms with Crippen LogP contribution in [-0.2, 0) is 6.54 Å². The van der Waals surface area contributed by atoms with E-state index in [0.29, 0.717) is 24.9 Å². The number of ether oxygens (including phenoxy) is 2. The Bertz CT molecular complexity index is 648. The van der Waals surface area contributed by atoms with E-state index < -0.39 is 0 Å². The first-order valence-corrected chi connectivity index (χ1v) is 7.64. The van der Waals surface area contributed by atoms with E-state index in [0.717, 1.165) is 23.4 Å². The zero-order valence-electron chi connectivity index (χ0n) is 14.0. The summed E-state index contributed by atoms with van der Waals surface area (Å²) in [6, 6.07) is 15.5. The number of rotatable bonds is 7. The van der Waals surface area contributed by atoms with Gasteiger partial charge in [-0.25, -0.2) is 4.99 Å². The average Bonchev–Trinajstić information content (AvgIpc) is 2.59. The topological polar surface area (TPSA) is 68.9 Å². The van der Waals surface area contributed by atoms with Gasteiger partial charge < -0.3 is 20.5 Å². The van der Waals surface area contributed by atoms with Gasteiger partial charge in [0.2, 0.25) is 0 Å². The van der Waals surface area contributed by atoms with E-state index in [1.54, 1.807) is 7.11 Å². The molecule has 0 aromatic heterocycles. The van der Waals surface area contributed by atoms with Crippen molar-refractivity contribution in [1.29, 1.82) is 0 Å². The number of guanidine groups is 1. The van der Waals surface area contributed by atoms with Crippen molar-refractivity contribution >= 4 is 35.6 Å². The molecule has 2 aromatic carbocycles. The second kappa shape index (κ2) is 10.7. The molecule has 3 N–H and O–H groups in total. The molecule has 6 heteroatoms. The van der Waals surface area contributed by atoms with Crippen LogP contribution in [0.2, 0.25) is 0 Å². The molecule has 0 fully saturated rings. The monoisotopic (exact) mass is 441 g/mol. The molecule has 2 aromatic rings. The molecule has 24 heavy (non-hydrogen) atoms. The number of hydrogen-bond donors (Lipinski definition) is 2. The molecule has 0 unspecified atom stereocenters. The quantitative estimate of drug-likeness (QED) is 0.387. The van der Waals surface area contributed by atoms with E-state index in [-0.39, 0.29) is 24.0 Å². The molecular weight excluding hydrogens is 417 g/mol. The summed E-state index contributed by atoms with van der Waals surface area (Å²) >= 11 is 0. The van der Waals surface area contributed by atoms with Crippen LogP contribution in [0.3, 0.4) is 0 Å². The number of anilines is 1. The molecule has 0 saturated heterocycles. The van der Waals surface area contributed by atoms with E-state index in [1.165, 1.54) is 0 Å². The highest BCUT2D eigenvalue weighted by molar-refractivity contribution is 14.0. The second-order valence-electron chi connectivity index (χ2n) is 5.03. The summed E-state index contributed by atoms with van der Waals surface area (Å²) in [5.74, 6) is 1.83. The number of nitrogens with zero attached hydrogens (tertiary/aromatic N) is 1. The summed E-state index contributed by atoms with van der Waals surface area (Å²) in [7, 11) is 1.63. The summed E-state index contributed by atoms with van der Waals surface area (Å²) in [6.07, 6.45) is 0.955. The highest BCUT2D eigenvalue weighted by Crippen LogP contribution is 2.28. The molecular formula is C18H24IN3O2. The second-order valence-corrected chi connectivity index (χ2v) is 5.03. The lowest BCUT2D eigenvalue weighted by atomic mass is 10.2. The zero-order chi connectivity index (χ0) is 16.5. The molecule has 5 nitrogen and oxygen atoms in total. The largest absolute Gasteiger partial charge is 0.493 e. The summed E-state index contributed by atoms with van der Waals surface area (Å²) in [5.41, 5.74) is 7.82. The smallest absolute Gasteiger partial charge is 0.193 e. The first kappa shape index (κ1) is 20.1. The predicted octanol–water partition coefficient (Wildman–Crippen LogP) is 4.03. The Morgan fingerprint density at radius 1 is 1.12 bits per heavy atom. The Hall–Kier alpha value is -1.96. The molecule has 0 aliphatic rings. The van der Waals surface area contributed by atoms with Crippen molar-refractivity contribution in [2.45, 2.75) is 19.9 Å². The molecule has 0 bridgehead atoms. The third-order valence-electron chi connectivity index (χ3n) is 3.17. The number of nitrogens with one attached hydrogen (secondary N) is 1. The third-order valence-corrected chi connectivity index (χ3v) is 3.17. The Kier molecular flexibility index (Phi) is 8.99. The fourth-order valence-electron chi connectivity index (χ4n) is 2.03. The van der Waals surface area contributed by atoms with Crippen LogP contribution in [0, 0.1) is 0 Å².